The molecule has 0 N–H and O–H groups in total. The number of hydrogen-bond donors (Lipinski definition) is 0. The molecule has 1 aromatic heterocycles. The van der Waals surface area contributed by atoms with E-state index in [0.29, 0.717) is 29.5 Å². The monoisotopic (exact) mass is 369 g/mol. The predicted molar refractivity (Wildman–Crippen MR) is 110 cm³/mol. The minimum Gasteiger partial charge on any atom is -0.462 e. The van der Waals surface area contributed by atoms with Crippen molar-refractivity contribution in [2.24, 2.45) is 0 Å². The number of benzene rings is 1. The lowest BCUT2D eigenvalue weighted by Gasteiger charge is -2.24. The Morgan fingerprint density at radius 1 is 1.00 bits per heavy atom. The molecule has 2 rings (SSSR count). The van der Waals surface area contributed by atoms with E-state index >= 15 is 0 Å². The van der Waals surface area contributed by atoms with Crippen LogP contribution in [0.4, 0.5) is 5.95 Å². The maximum atomic E-state index is 12.6. The van der Waals surface area contributed by atoms with Gasteiger partial charge in [-0.15, -0.1) is 0 Å². The molecular formula is C22H31N3O2. The first-order valence-corrected chi connectivity index (χ1v) is 9.98. The number of carbonyl (C=O) groups is 1. The van der Waals surface area contributed by atoms with Crippen LogP contribution in [-0.4, -0.2) is 35.6 Å². The third kappa shape index (κ3) is 5.52. The van der Waals surface area contributed by atoms with Crippen LogP contribution in [0, 0.1) is 6.92 Å². The largest absolute Gasteiger partial charge is 0.462 e. The van der Waals surface area contributed by atoms with Crippen LogP contribution in [0.1, 0.15) is 62.5 Å². The standard InChI is InChI=1S/C22H31N3O2/c1-5-8-15-25(16-9-6-2)22-23-17(4)19(21(26)27-7-3)20(24-22)18-13-11-10-12-14-18/h10-14H,5-9,15-16H2,1-4H3. The Morgan fingerprint density at radius 2 is 1.63 bits per heavy atom. The molecule has 0 aliphatic carbocycles. The Kier molecular flexibility index (Phi) is 8.24. The van der Waals surface area contributed by atoms with E-state index in [1.54, 1.807) is 0 Å². The van der Waals surface area contributed by atoms with Crippen LogP contribution in [0.2, 0.25) is 0 Å². The zero-order valence-corrected chi connectivity index (χ0v) is 17.0. The first-order valence-electron chi connectivity index (χ1n) is 9.98. The maximum Gasteiger partial charge on any atom is 0.342 e. The second-order valence-corrected chi connectivity index (χ2v) is 6.61. The van der Waals surface area contributed by atoms with E-state index in [-0.39, 0.29) is 5.97 Å². The number of carbonyl (C=O) groups excluding carboxylic acids is 1. The molecule has 0 fully saturated rings. The number of anilines is 1. The van der Waals surface area contributed by atoms with Gasteiger partial charge in [-0.25, -0.2) is 14.8 Å². The van der Waals surface area contributed by atoms with Crippen LogP contribution >= 0.6 is 0 Å². The van der Waals surface area contributed by atoms with Crippen molar-refractivity contribution in [3.8, 4) is 11.3 Å². The molecule has 1 heterocycles. The molecule has 0 radical (unpaired) electrons. The molecule has 0 spiro atoms. The third-order valence-electron chi connectivity index (χ3n) is 4.45. The van der Waals surface area contributed by atoms with E-state index in [9.17, 15) is 4.79 Å². The van der Waals surface area contributed by atoms with Crippen LogP contribution in [-0.2, 0) is 4.74 Å². The van der Waals surface area contributed by atoms with Gasteiger partial charge in [0.2, 0.25) is 5.95 Å². The van der Waals surface area contributed by atoms with E-state index in [1.807, 2.05) is 44.2 Å². The molecule has 0 amide bonds. The Bertz CT molecular complexity index is 724. The van der Waals surface area contributed by atoms with Gasteiger partial charge in [0.15, 0.2) is 0 Å². The molecule has 0 saturated heterocycles. The van der Waals surface area contributed by atoms with Crippen LogP contribution < -0.4 is 4.90 Å². The highest BCUT2D eigenvalue weighted by molar-refractivity contribution is 5.97. The summed E-state index contributed by atoms with van der Waals surface area (Å²) in [6.45, 7) is 10.2. The van der Waals surface area contributed by atoms with Crippen molar-refractivity contribution in [1.29, 1.82) is 0 Å². The molecule has 146 valence electrons. The van der Waals surface area contributed by atoms with Gasteiger partial charge in [-0.05, 0) is 26.7 Å². The van der Waals surface area contributed by atoms with Crippen LogP contribution in [0.5, 0.6) is 0 Å². The summed E-state index contributed by atoms with van der Waals surface area (Å²) < 4.78 is 5.27. The van der Waals surface area contributed by atoms with Crippen LogP contribution in [0.25, 0.3) is 11.3 Å². The van der Waals surface area contributed by atoms with Crippen molar-refractivity contribution in [3.05, 3.63) is 41.6 Å². The van der Waals surface area contributed by atoms with Crippen molar-refractivity contribution < 1.29 is 9.53 Å². The Balaban J connectivity index is 2.54. The van der Waals surface area contributed by atoms with Crippen molar-refractivity contribution in [2.75, 3.05) is 24.6 Å². The zero-order chi connectivity index (χ0) is 19.6. The first kappa shape index (κ1) is 20.9. The van der Waals surface area contributed by atoms with Gasteiger partial charge in [0.1, 0.15) is 5.56 Å². The van der Waals surface area contributed by atoms with E-state index < -0.39 is 0 Å². The number of aromatic nitrogens is 2. The summed E-state index contributed by atoms with van der Waals surface area (Å²) in [5, 5.41) is 0. The number of ether oxygens (including phenoxy) is 1. The van der Waals surface area contributed by atoms with Crippen LogP contribution in [0.15, 0.2) is 30.3 Å². The topological polar surface area (TPSA) is 55.3 Å². The van der Waals surface area contributed by atoms with Gasteiger partial charge >= 0.3 is 5.97 Å². The first-order chi connectivity index (χ1) is 13.1. The minimum absolute atomic E-state index is 0.327. The third-order valence-corrected chi connectivity index (χ3v) is 4.45. The van der Waals surface area contributed by atoms with Gasteiger partial charge in [-0.3, -0.25) is 0 Å². The summed E-state index contributed by atoms with van der Waals surface area (Å²) in [6, 6.07) is 9.80. The Labute approximate surface area is 162 Å². The van der Waals surface area contributed by atoms with Gasteiger partial charge in [-0.2, -0.15) is 0 Å². The fourth-order valence-electron chi connectivity index (χ4n) is 2.96. The van der Waals surface area contributed by atoms with Crippen molar-refractivity contribution in [3.63, 3.8) is 0 Å². The minimum atomic E-state index is -0.367. The van der Waals surface area contributed by atoms with Gasteiger partial charge in [0.05, 0.1) is 18.0 Å². The second kappa shape index (κ2) is 10.7. The summed E-state index contributed by atoms with van der Waals surface area (Å²) in [5.74, 6) is 0.329. The fraction of sp³-hybridized carbons (Fsp3) is 0.500. The lowest BCUT2D eigenvalue weighted by Crippen LogP contribution is -2.28. The van der Waals surface area contributed by atoms with Crippen molar-refractivity contribution in [1.82, 2.24) is 9.97 Å². The summed E-state index contributed by atoms with van der Waals surface area (Å²) in [4.78, 5) is 24.3. The van der Waals surface area contributed by atoms with E-state index in [1.165, 1.54) is 0 Å². The molecule has 27 heavy (non-hydrogen) atoms. The van der Waals surface area contributed by atoms with Gasteiger partial charge in [-0.1, -0.05) is 57.0 Å². The summed E-state index contributed by atoms with van der Waals surface area (Å²) >= 11 is 0. The molecule has 0 saturated carbocycles. The Morgan fingerprint density at radius 3 is 2.19 bits per heavy atom. The molecule has 0 bridgehead atoms. The quantitative estimate of drug-likeness (QED) is 0.549. The number of hydrogen-bond acceptors (Lipinski definition) is 5. The summed E-state index contributed by atoms with van der Waals surface area (Å²) in [6.07, 6.45) is 4.42. The summed E-state index contributed by atoms with van der Waals surface area (Å²) in [7, 11) is 0. The molecular weight excluding hydrogens is 338 g/mol. The molecule has 1 aromatic carbocycles. The molecule has 5 heteroatoms. The Hall–Kier alpha value is -2.43. The molecule has 0 unspecified atom stereocenters. The normalized spacial score (nSPS) is 10.7. The van der Waals surface area contributed by atoms with Gasteiger partial charge < -0.3 is 9.64 Å². The second-order valence-electron chi connectivity index (χ2n) is 6.61. The summed E-state index contributed by atoms with van der Waals surface area (Å²) in [5.41, 5.74) is 2.67. The van der Waals surface area contributed by atoms with Crippen molar-refractivity contribution in [2.45, 2.75) is 53.4 Å². The molecule has 2 aromatic rings. The number of unbranched alkanes of at least 4 members (excludes halogenated alkanes) is 2. The fourth-order valence-corrected chi connectivity index (χ4v) is 2.96. The number of esters is 1. The number of nitrogens with zero attached hydrogens (tertiary/aromatic N) is 3. The van der Waals surface area contributed by atoms with E-state index in [4.69, 9.17) is 9.72 Å². The molecule has 0 atom stereocenters. The smallest absolute Gasteiger partial charge is 0.342 e. The maximum absolute atomic E-state index is 12.6. The van der Waals surface area contributed by atoms with Gasteiger partial charge in [0, 0.05) is 18.7 Å². The van der Waals surface area contributed by atoms with Crippen LogP contribution in [0.3, 0.4) is 0 Å². The lowest BCUT2D eigenvalue weighted by molar-refractivity contribution is 0.0525. The van der Waals surface area contributed by atoms with Gasteiger partial charge in [0.25, 0.3) is 0 Å². The SMILES string of the molecule is CCCCN(CCCC)c1nc(C)c(C(=O)OCC)c(-c2ccccc2)n1. The molecule has 0 aliphatic heterocycles. The van der Waals surface area contributed by atoms with E-state index in [2.05, 4.69) is 23.7 Å². The average molecular weight is 370 g/mol. The molecule has 5 nitrogen and oxygen atoms in total. The predicted octanol–water partition coefficient (Wildman–Crippen LogP) is 5.04. The number of aryl methyl sites for hydroxylation is 1. The lowest BCUT2D eigenvalue weighted by atomic mass is 10.0. The van der Waals surface area contributed by atoms with Crippen molar-refractivity contribution >= 4 is 11.9 Å². The highest BCUT2D eigenvalue weighted by Gasteiger charge is 2.22. The zero-order valence-electron chi connectivity index (χ0n) is 17.0. The average Bonchev–Trinajstić information content (AvgIpc) is 2.68. The molecule has 0 aliphatic rings. The number of rotatable bonds is 10. The highest BCUT2D eigenvalue weighted by atomic mass is 16.5. The highest BCUT2D eigenvalue weighted by Crippen LogP contribution is 2.27. The van der Waals surface area contributed by atoms with E-state index in [0.717, 1.165) is 44.3 Å².